The van der Waals surface area contributed by atoms with Crippen LogP contribution < -0.4 is 5.73 Å². The monoisotopic (exact) mass is 264 g/mol. The number of rotatable bonds is 1. The first kappa shape index (κ1) is 12.2. The summed E-state index contributed by atoms with van der Waals surface area (Å²) < 4.78 is 0. The Kier molecular flexibility index (Phi) is 3.16. The first-order valence-electron chi connectivity index (χ1n) is 6.75. The second-order valence-electron chi connectivity index (χ2n) is 5.71. The van der Waals surface area contributed by atoms with Gasteiger partial charge in [0.2, 0.25) is 0 Å². The van der Waals surface area contributed by atoms with Crippen LogP contribution in [0.15, 0.2) is 12.1 Å². The van der Waals surface area contributed by atoms with Gasteiger partial charge in [0.15, 0.2) is 0 Å². The van der Waals surface area contributed by atoms with Crippen molar-refractivity contribution >= 4 is 17.2 Å². The first-order chi connectivity index (χ1) is 8.63. The van der Waals surface area contributed by atoms with E-state index in [0.29, 0.717) is 17.9 Å². The van der Waals surface area contributed by atoms with E-state index in [1.165, 1.54) is 11.3 Å². The summed E-state index contributed by atoms with van der Waals surface area (Å²) in [5.41, 5.74) is 6.03. The van der Waals surface area contributed by atoms with Gasteiger partial charge in [0, 0.05) is 24.0 Å². The maximum absolute atomic E-state index is 12.4. The Bertz CT molecular complexity index is 456. The van der Waals surface area contributed by atoms with Crippen molar-refractivity contribution in [3.63, 3.8) is 0 Å². The quantitative estimate of drug-likeness (QED) is 0.845. The van der Waals surface area contributed by atoms with Crippen molar-refractivity contribution in [2.75, 3.05) is 13.1 Å². The van der Waals surface area contributed by atoms with Gasteiger partial charge in [-0.15, -0.1) is 11.3 Å². The molecule has 4 heteroatoms. The average Bonchev–Trinajstić information content (AvgIpc) is 2.93. The molecule has 1 amide bonds. The third-order valence-electron chi connectivity index (χ3n) is 4.33. The second kappa shape index (κ2) is 4.67. The highest BCUT2D eigenvalue weighted by molar-refractivity contribution is 7.13. The molecule has 1 aliphatic heterocycles. The minimum absolute atomic E-state index is 0.219. The second-order valence-corrected chi connectivity index (χ2v) is 7.00. The summed E-state index contributed by atoms with van der Waals surface area (Å²) in [7, 11) is 0. The van der Waals surface area contributed by atoms with Gasteiger partial charge in [0.1, 0.15) is 0 Å². The van der Waals surface area contributed by atoms with Gasteiger partial charge in [-0.25, -0.2) is 0 Å². The van der Waals surface area contributed by atoms with Crippen LogP contribution in [-0.2, 0) is 0 Å². The van der Waals surface area contributed by atoms with E-state index in [2.05, 4.69) is 0 Å². The van der Waals surface area contributed by atoms with E-state index in [4.69, 9.17) is 5.73 Å². The highest BCUT2D eigenvalue weighted by Gasteiger charge is 2.38. The number of likely N-dealkylation sites (tertiary alicyclic amines) is 1. The Morgan fingerprint density at radius 1 is 1.33 bits per heavy atom. The molecule has 2 N–H and O–H groups in total. The van der Waals surface area contributed by atoms with Crippen molar-refractivity contribution in [2.24, 2.45) is 17.6 Å². The van der Waals surface area contributed by atoms with Crippen LogP contribution in [-0.4, -0.2) is 29.9 Å². The van der Waals surface area contributed by atoms with Crippen LogP contribution in [0.3, 0.4) is 0 Å². The molecule has 1 aromatic heterocycles. The maximum Gasteiger partial charge on any atom is 0.263 e. The lowest BCUT2D eigenvalue weighted by Crippen LogP contribution is -2.32. The highest BCUT2D eigenvalue weighted by atomic mass is 32.1. The van der Waals surface area contributed by atoms with E-state index in [-0.39, 0.29) is 5.91 Å². The molecule has 18 heavy (non-hydrogen) atoms. The molecule has 1 unspecified atom stereocenters. The molecule has 0 bridgehead atoms. The Morgan fingerprint density at radius 2 is 2.11 bits per heavy atom. The molecule has 0 radical (unpaired) electrons. The summed E-state index contributed by atoms with van der Waals surface area (Å²) in [6.07, 6.45) is 3.41. The molecule has 2 fully saturated rings. The van der Waals surface area contributed by atoms with Gasteiger partial charge in [0.05, 0.1) is 4.88 Å². The highest BCUT2D eigenvalue weighted by Crippen LogP contribution is 2.36. The van der Waals surface area contributed by atoms with E-state index in [1.54, 1.807) is 11.3 Å². The molecular weight excluding hydrogens is 244 g/mol. The van der Waals surface area contributed by atoms with Crippen molar-refractivity contribution in [1.82, 2.24) is 4.90 Å². The number of thiophene rings is 1. The minimum Gasteiger partial charge on any atom is -0.337 e. The lowest BCUT2D eigenvalue weighted by Gasteiger charge is -2.27. The summed E-state index contributed by atoms with van der Waals surface area (Å²) in [5, 5.41) is 0. The van der Waals surface area contributed by atoms with Gasteiger partial charge in [0.25, 0.3) is 5.91 Å². The van der Waals surface area contributed by atoms with Crippen molar-refractivity contribution < 1.29 is 4.79 Å². The van der Waals surface area contributed by atoms with Crippen molar-refractivity contribution in [2.45, 2.75) is 32.2 Å². The van der Waals surface area contributed by atoms with Gasteiger partial charge < -0.3 is 10.6 Å². The largest absolute Gasteiger partial charge is 0.337 e. The molecule has 1 saturated heterocycles. The molecule has 0 spiro atoms. The van der Waals surface area contributed by atoms with Gasteiger partial charge in [-0.2, -0.15) is 0 Å². The predicted molar refractivity (Wildman–Crippen MR) is 73.8 cm³/mol. The van der Waals surface area contributed by atoms with Crippen LogP contribution in [0.4, 0.5) is 0 Å². The third kappa shape index (κ3) is 2.19. The fourth-order valence-electron chi connectivity index (χ4n) is 3.34. The van der Waals surface area contributed by atoms with Crippen LogP contribution in [0.5, 0.6) is 0 Å². The van der Waals surface area contributed by atoms with Gasteiger partial charge in [-0.05, 0) is 50.2 Å². The van der Waals surface area contributed by atoms with Crippen LogP contribution in [0.25, 0.3) is 0 Å². The predicted octanol–water partition coefficient (Wildman–Crippen LogP) is 2.26. The van der Waals surface area contributed by atoms with Crippen LogP contribution in [0.1, 0.15) is 33.8 Å². The molecule has 2 heterocycles. The number of nitrogens with two attached hydrogens (primary N) is 1. The molecule has 3 rings (SSSR count). The normalized spacial score (nSPS) is 31.4. The van der Waals surface area contributed by atoms with E-state index in [9.17, 15) is 4.79 Å². The number of aryl methyl sites for hydroxylation is 1. The SMILES string of the molecule is Cc1ccc(C(=O)N2C[C@H]3CC(N)CC[C@H]3C2)s1. The lowest BCUT2D eigenvalue weighted by molar-refractivity contribution is 0.0788. The molecule has 2 aliphatic rings. The standard InChI is InChI=1S/C14H20N2OS/c1-9-2-5-13(18-9)14(17)16-7-10-3-4-12(15)6-11(10)8-16/h2,5,10-12H,3-4,6-8,15H2,1H3/t10-,11+,12?/m0/s1. The number of hydrogen-bond donors (Lipinski definition) is 1. The van der Waals surface area contributed by atoms with E-state index < -0.39 is 0 Å². The van der Waals surface area contributed by atoms with E-state index >= 15 is 0 Å². The Labute approximate surface area is 112 Å². The van der Waals surface area contributed by atoms with Crippen LogP contribution in [0, 0.1) is 18.8 Å². The fourth-order valence-corrected chi connectivity index (χ4v) is 4.17. The molecular formula is C14H20N2OS. The summed E-state index contributed by atoms with van der Waals surface area (Å²) in [4.78, 5) is 16.5. The number of amides is 1. The molecule has 3 atom stereocenters. The molecule has 0 aromatic carbocycles. The average molecular weight is 264 g/mol. The zero-order chi connectivity index (χ0) is 12.7. The van der Waals surface area contributed by atoms with E-state index in [1.807, 2.05) is 24.0 Å². The number of hydrogen-bond acceptors (Lipinski definition) is 3. The summed E-state index contributed by atoms with van der Waals surface area (Å²) in [6.45, 7) is 3.89. The maximum atomic E-state index is 12.4. The number of fused-ring (bicyclic) bond motifs is 1. The minimum atomic E-state index is 0.219. The van der Waals surface area contributed by atoms with E-state index in [0.717, 1.165) is 30.8 Å². The van der Waals surface area contributed by atoms with Crippen molar-refractivity contribution in [1.29, 1.82) is 0 Å². The van der Waals surface area contributed by atoms with Crippen molar-refractivity contribution in [3.05, 3.63) is 21.9 Å². The Balaban J connectivity index is 1.70. The number of carbonyl (C=O) groups is 1. The van der Waals surface area contributed by atoms with Crippen LogP contribution >= 0.6 is 11.3 Å². The lowest BCUT2D eigenvalue weighted by atomic mass is 9.79. The van der Waals surface area contributed by atoms with Gasteiger partial charge in [-0.1, -0.05) is 0 Å². The summed E-state index contributed by atoms with van der Waals surface area (Å²) >= 11 is 1.60. The fraction of sp³-hybridized carbons (Fsp3) is 0.643. The topological polar surface area (TPSA) is 46.3 Å². The number of nitrogens with zero attached hydrogens (tertiary/aromatic N) is 1. The molecule has 3 nitrogen and oxygen atoms in total. The summed E-state index contributed by atoms with van der Waals surface area (Å²) in [5.74, 6) is 1.55. The first-order valence-corrected chi connectivity index (χ1v) is 7.56. The Hall–Kier alpha value is -0.870. The smallest absolute Gasteiger partial charge is 0.263 e. The molecule has 1 aliphatic carbocycles. The van der Waals surface area contributed by atoms with Gasteiger partial charge >= 0.3 is 0 Å². The zero-order valence-corrected chi connectivity index (χ0v) is 11.6. The zero-order valence-electron chi connectivity index (χ0n) is 10.8. The molecule has 1 aromatic rings. The molecule has 1 saturated carbocycles. The number of carbonyl (C=O) groups excluding carboxylic acids is 1. The summed E-state index contributed by atoms with van der Waals surface area (Å²) in [6, 6.07) is 4.33. The van der Waals surface area contributed by atoms with Crippen LogP contribution in [0.2, 0.25) is 0 Å². The molecule has 98 valence electrons. The third-order valence-corrected chi connectivity index (χ3v) is 5.32. The van der Waals surface area contributed by atoms with Crippen molar-refractivity contribution in [3.8, 4) is 0 Å². The van der Waals surface area contributed by atoms with Gasteiger partial charge in [-0.3, -0.25) is 4.79 Å². The Morgan fingerprint density at radius 3 is 2.83 bits per heavy atom.